The molecule has 1 atom stereocenters. The summed E-state index contributed by atoms with van der Waals surface area (Å²) in [7, 11) is 0. The molecule has 0 spiro atoms. The van der Waals surface area contributed by atoms with Crippen molar-refractivity contribution in [1.82, 2.24) is 9.97 Å². The number of carbonyl (C=O) groups is 1. The third-order valence-corrected chi connectivity index (χ3v) is 5.89. The van der Waals surface area contributed by atoms with Crippen LogP contribution in [0.4, 0.5) is 0 Å². The zero-order valence-corrected chi connectivity index (χ0v) is 19.7. The summed E-state index contributed by atoms with van der Waals surface area (Å²) in [4.78, 5) is 21.5. The number of aryl methyl sites for hydroxylation is 1. The molecule has 0 radical (unpaired) electrons. The molecule has 1 unspecified atom stereocenters. The standard InChI is InChI=1S/C27H40N2O2/c1-4-6-7-8-9-10-11-12-15-23-20-21-28-27(29-23)24-16-13-14-17-25(24)31-26(30)19-18-22(3)5-2/h13-14,16-17,20-22H,4-12,15,18-19H2,1-3H3. The van der Waals surface area contributed by atoms with Crippen molar-refractivity contribution < 1.29 is 9.53 Å². The van der Waals surface area contributed by atoms with Gasteiger partial charge in [-0.3, -0.25) is 4.79 Å². The Morgan fingerprint density at radius 2 is 1.68 bits per heavy atom. The number of ether oxygens (including phenoxy) is 1. The molecule has 1 aromatic carbocycles. The van der Waals surface area contributed by atoms with Gasteiger partial charge in [-0.1, -0.05) is 84.3 Å². The lowest BCUT2D eigenvalue weighted by Gasteiger charge is -2.11. The molecule has 4 nitrogen and oxygen atoms in total. The van der Waals surface area contributed by atoms with Crippen molar-refractivity contribution >= 4 is 5.97 Å². The van der Waals surface area contributed by atoms with Crippen LogP contribution >= 0.6 is 0 Å². The predicted molar refractivity (Wildman–Crippen MR) is 128 cm³/mol. The van der Waals surface area contributed by atoms with Crippen molar-refractivity contribution in [2.45, 2.75) is 97.8 Å². The fraction of sp³-hybridized carbons (Fsp3) is 0.593. The second kappa shape index (κ2) is 14.7. The van der Waals surface area contributed by atoms with Gasteiger partial charge in [0.15, 0.2) is 5.82 Å². The quantitative estimate of drug-likeness (QED) is 0.168. The van der Waals surface area contributed by atoms with Crippen LogP contribution in [-0.4, -0.2) is 15.9 Å². The molecule has 0 N–H and O–H groups in total. The molecule has 4 heteroatoms. The van der Waals surface area contributed by atoms with E-state index >= 15 is 0 Å². The van der Waals surface area contributed by atoms with E-state index in [0.717, 1.165) is 36.9 Å². The highest BCUT2D eigenvalue weighted by atomic mass is 16.5. The van der Waals surface area contributed by atoms with E-state index in [4.69, 9.17) is 9.72 Å². The summed E-state index contributed by atoms with van der Waals surface area (Å²) in [5.74, 6) is 1.50. The minimum atomic E-state index is -0.192. The SMILES string of the molecule is CCCCCCCCCCc1ccnc(-c2ccccc2OC(=O)CCC(C)CC)n1. The van der Waals surface area contributed by atoms with Gasteiger partial charge in [0.2, 0.25) is 0 Å². The molecule has 0 aliphatic rings. The summed E-state index contributed by atoms with van der Waals surface area (Å²) in [6.45, 7) is 6.56. The highest BCUT2D eigenvalue weighted by Gasteiger charge is 2.14. The first-order valence-corrected chi connectivity index (χ1v) is 12.3. The van der Waals surface area contributed by atoms with E-state index in [1.54, 1.807) is 0 Å². The Morgan fingerprint density at radius 3 is 2.42 bits per heavy atom. The summed E-state index contributed by atoms with van der Waals surface area (Å²) in [5.41, 5.74) is 1.83. The van der Waals surface area contributed by atoms with Crippen LogP contribution < -0.4 is 4.74 Å². The average Bonchev–Trinajstić information content (AvgIpc) is 2.79. The van der Waals surface area contributed by atoms with Gasteiger partial charge >= 0.3 is 5.97 Å². The van der Waals surface area contributed by atoms with Crippen LogP contribution in [0.25, 0.3) is 11.4 Å². The Labute approximate surface area is 188 Å². The van der Waals surface area contributed by atoms with Gasteiger partial charge in [0.05, 0.1) is 5.56 Å². The van der Waals surface area contributed by atoms with Crippen LogP contribution in [0.3, 0.4) is 0 Å². The molecule has 2 aromatic rings. The maximum atomic E-state index is 12.3. The number of aromatic nitrogens is 2. The monoisotopic (exact) mass is 424 g/mol. The summed E-state index contributed by atoms with van der Waals surface area (Å²) in [5, 5.41) is 0. The largest absolute Gasteiger partial charge is 0.426 e. The number of benzene rings is 1. The fourth-order valence-corrected chi connectivity index (χ4v) is 3.59. The number of esters is 1. The van der Waals surface area contributed by atoms with Crippen molar-refractivity contribution in [3.05, 3.63) is 42.2 Å². The summed E-state index contributed by atoms with van der Waals surface area (Å²) < 4.78 is 5.67. The van der Waals surface area contributed by atoms with Gasteiger partial charge in [-0.15, -0.1) is 0 Å². The molecule has 31 heavy (non-hydrogen) atoms. The van der Waals surface area contributed by atoms with E-state index in [2.05, 4.69) is 25.8 Å². The van der Waals surface area contributed by atoms with Crippen molar-refractivity contribution in [2.75, 3.05) is 0 Å². The minimum absolute atomic E-state index is 0.192. The molecular formula is C27H40N2O2. The third kappa shape index (κ3) is 9.63. The third-order valence-electron chi connectivity index (χ3n) is 5.89. The molecule has 0 aliphatic heterocycles. The van der Waals surface area contributed by atoms with Crippen LogP contribution in [0.2, 0.25) is 0 Å². The van der Waals surface area contributed by atoms with E-state index in [0.29, 0.717) is 23.9 Å². The molecule has 1 heterocycles. The molecule has 0 aliphatic carbocycles. The van der Waals surface area contributed by atoms with E-state index in [9.17, 15) is 4.79 Å². The van der Waals surface area contributed by atoms with Crippen LogP contribution in [0, 0.1) is 5.92 Å². The second-order valence-corrected chi connectivity index (χ2v) is 8.62. The van der Waals surface area contributed by atoms with E-state index in [1.807, 2.05) is 36.5 Å². The van der Waals surface area contributed by atoms with Gasteiger partial charge in [-0.05, 0) is 43.4 Å². The number of hydrogen-bond acceptors (Lipinski definition) is 4. The predicted octanol–water partition coefficient (Wildman–Crippen LogP) is 7.56. The Kier molecular flexibility index (Phi) is 11.9. The lowest BCUT2D eigenvalue weighted by Crippen LogP contribution is -2.10. The Bertz CT molecular complexity index is 775. The normalized spacial score (nSPS) is 12.0. The van der Waals surface area contributed by atoms with E-state index in [1.165, 1.54) is 44.9 Å². The molecule has 2 rings (SSSR count). The zero-order valence-electron chi connectivity index (χ0n) is 19.7. The van der Waals surface area contributed by atoms with Crippen molar-refractivity contribution in [2.24, 2.45) is 5.92 Å². The van der Waals surface area contributed by atoms with E-state index in [-0.39, 0.29) is 5.97 Å². The summed E-state index contributed by atoms with van der Waals surface area (Å²) in [6, 6.07) is 9.55. The van der Waals surface area contributed by atoms with Crippen LogP contribution in [-0.2, 0) is 11.2 Å². The van der Waals surface area contributed by atoms with Crippen molar-refractivity contribution in [3.8, 4) is 17.1 Å². The molecule has 170 valence electrons. The number of para-hydroxylation sites is 1. The highest BCUT2D eigenvalue weighted by Crippen LogP contribution is 2.28. The summed E-state index contributed by atoms with van der Waals surface area (Å²) in [6.07, 6.45) is 15.5. The smallest absolute Gasteiger partial charge is 0.311 e. The molecular weight excluding hydrogens is 384 g/mol. The van der Waals surface area contributed by atoms with E-state index < -0.39 is 0 Å². The van der Waals surface area contributed by atoms with Gasteiger partial charge in [0, 0.05) is 18.3 Å². The van der Waals surface area contributed by atoms with Crippen LogP contribution in [0.5, 0.6) is 5.75 Å². The van der Waals surface area contributed by atoms with Gasteiger partial charge in [0.1, 0.15) is 5.75 Å². The Morgan fingerprint density at radius 1 is 0.968 bits per heavy atom. The maximum absolute atomic E-state index is 12.3. The Balaban J connectivity index is 1.89. The fourth-order valence-electron chi connectivity index (χ4n) is 3.59. The topological polar surface area (TPSA) is 52.1 Å². The lowest BCUT2D eigenvalue weighted by molar-refractivity contribution is -0.134. The van der Waals surface area contributed by atoms with Gasteiger partial charge in [-0.2, -0.15) is 0 Å². The number of unbranched alkanes of at least 4 members (excludes halogenated alkanes) is 7. The first-order valence-electron chi connectivity index (χ1n) is 12.3. The first-order chi connectivity index (χ1) is 15.1. The minimum Gasteiger partial charge on any atom is -0.426 e. The molecule has 0 amide bonds. The molecule has 0 saturated carbocycles. The molecule has 0 fully saturated rings. The molecule has 0 saturated heterocycles. The van der Waals surface area contributed by atoms with Gasteiger partial charge in [0.25, 0.3) is 0 Å². The highest BCUT2D eigenvalue weighted by molar-refractivity contribution is 5.76. The molecule has 0 bridgehead atoms. The average molecular weight is 425 g/mol. The Hall–Kier alpha value is -2.23. The number of rotatable bonds is 15. The molecule has 1 aromatic heterocycles. The first kappa shape index (κ1) is 25.0. The second-order valence-electron chi connectivity index (χ2n) is 8.62. The van der Waals surface area contributed by atoms with Crippen molar-refractivity contribution in [3.63, 3.8) is 0 Å². The van der Waals surface area contributed by atoms with Gasteiger partial charge in [-0.25, -0.2) is 9.97 Å². The number of hydrogen-bond donors (Lipinski definition) is 0. The lowest BCUT2D eigenvalue weighted by atomic mass is 10.0. The maximum Gasteiger partial charge on any atom is 0.311 e. The number of nitrogens with zero attached hydrogens (tertiary/aromatic N) is 2. The number of carbonyl (C=O) groups excluding carboxylic acids is 1. The van der Waals surface area contributed by atoms with Gasteiger partial charge < -0.3 is 4.74 Å². The van der Waals surface area contributed by atoms with Crippen LogP contribution in [0.1, 0.15) is 97.1 Å². The zero-order chi connectivity index (χ0) is 22.3. The van der Waals surface area contributed by atoms with Crippen molar-refractivity contribution in [1.29, 1.82) is 0 Å². The summed E-state index contributed by atoms with van der Waals surface area (Å²) >= 11 is 0. The van der Waals surface area contributed by atoms with Crippen LogP contribution in [0.15, 0.2) is 36.5 Å².